The van der Waals surface area contributed by atoms with Crippen molar-refractivity contribution in [3.05, 3.63) is 77.1 Å². The predicted octanol–water partition coefficient (Wildman–Crippen LogP) is 8.69. The fraction of sp³-hybridized carbons (Fsp3) is 0.314. The van der Waals surface area contributed by atoms with Crippen molar-refractivity contribution in [2.45, 2.75) is 60.8 Å². The lowest BCUT2D eigenvalue weighted by molar-refractivity contribution is -0.646. The number of rotatable bonds is 2. The van der Waals surface area contributed by atoms with Gasteiger partial charge in [-0.2, -0.15) is 0 Å². The van der Waals surface area contributed by atoms with Crippen LogP contribution in [0.1, 0.15) is 62.8 Å². The summed E-state index contributed by atoms with van der Waals surface area (Å²) in [5.41, 5.74) is 12.0. The van der Waals surface area contributed by atoms with Gasteiger partial charge in [-0.1, -0.05) is 65.0 Å². The van der Waals surface area contributed by atoms with Gasteiger partial charge in [0, 0.05) is 10.8 Å². The minimum atomic E-state index is 0.247. The third-order valence-corrected chi connectivity index (χ3v) is 8.61. The van der Waals surface area contributed by atoms with Gasteiger partial charge < -0.3 is 4.40 Å². The summed E-state index contributed by atoms with van der Waals surface area (Å²) >= 11 is 0. The molecule has 3 aromatic heterocycles. The molecule has 0 unspecified atom stereocenters. The Morgan fingerprint density at radius 3 is 2.29 bits per heavy atom. The Hall–Kier alpha value is -3.72. The third kappa shape index (κ3) is 3.08. The molecule has 0 radical (unpaired) electrons. The number of pyridine rings is 1. The van der Waals surface area contributed by atoms with Gasteiger partial charge in [0.15, 0.2) is 5.52 Å². The zero-order valence-corrected chi connectivity index (χ0v) is 23.8. The van der Waals surface area contributed by atoms with Crippen LogP contribution >= 0.6 is 0 Å². The van der Waals surface area contributed by atoms with E-state index in [1.165, 1.54) is 76.6 Å². The molecule has 7 rings (SSSR count). The fourth-order valence-corrected chi connectivity index (χ4v) is 6.88. The molecular formula is C35H36N3+. The fourth-order valence-electron chi connectivity index (χ4n) is 6.88. The first-order valence-electron chi connectivity index (χ1n) is 13.9. The van der Waals surface area contributed by atoms with Crippen LogP contribution in [0.5, 0.6) is 0 Å². The maximum Gasteiger partial charge on any atom is 0.287 e. The van der Waals surface area contributed by atoms with Crippen LogP contribution in [0, 0.1) is 19.3 Å². The molecule has 3 heterocycles. The molecule has 3 heteroatoms. The van der Waals surface area contributed by atoms with Crippen molar-refractivity contribution < 1.29 is 4.57 Å². The van der Waals surface area contributed by atoms with Gasteiger partial charge in [-0.15, -0.1) is 0 Å². The molecule has 0 bridgehead atoms. The van der Waals surface area contributed by atoms with Crippen LogP contribution in [0.4, 0.5) is 0 Å². The van der Waals surface area contributed by atoms with Crippen LogP contribution in [-0.4, -0.2) is 9.38 Å². The molecule has 0 atom stereocenters. The van der Waals surface area contributed by atoms with Crippen LogP contribution < -0.4 is 4.57 Å². The van der Waals surface area contributed by atoms with E-state index in [1.807, 2.05) is 6.33 Å². The molecule has 0 saturated carbocycles. The van der Waals surface area contributed by atoms with E-state index in [-0.39, 0.29) is 5.41 Å². The Kier molecular flexibility index (Phi) is 4.72. The number of hydrogen-bond acceptors (Lipinski definition) is 1. The first-order chi connectivity index (χ1) is 18.0. The van der Waals surface area contributed by atoms with Gasteiger partial charge in [-0.3, -0.25) is 0 Å². The first-order valence-corrected chi connectivity index (χ1v) is 13.9. The van der Waals surface area contributed by atoms with Crippen molar-refractivity contribution in [3.8, 4) is 0 Å². The number of hydrogen-bond donors (Lipinski definition) is 0. The largest absolute Gasteiger partial charge is 0.307 e. The molecule has 7 aromatic rings. The zero-order valence-electron chi connectivity index (χ0n) is 23.8. The minimum Gasteiger partial charge on any atom is -0.307 e. The highest BCUT2D eigenvalue weighted by molar-refractivity contribution is 6.28. The monoisotopic (exact) mass is 498 g/mol. The van der Waals surface area contributed by atoms with Crippen LogP contribution in [-0.2, 0) is 13.5 Å². The van der Waals surface area contributed by atoms with Gasteiger partial charge in [0.2, 0.25) is 0 Å². The Labute approximate surface area is 224 Å². The maximum absolute atomic E-state index is 4.87. The van der Waals surface area contributed by atoms with Crippen molar-refractivity contribution >= 4 is 59.9 Å². The third-order valence-electron chi connectivity index (χ3n) is 8.61. The van der Waals surface area contributed by atoms with Gasteiger partial charge >= 0.3 is 0 Å². The summed E-state index contributed by atoms with van der Waals surface area (Å²) in [7, 11) is 2.15. The molecule has 0 N–H and O–H groups in total. The van der Waals surface area contributed by atoms with E-state index in [1.54, 1.807) is 0 Å². The quantitative estimate of drug-likeness (QED) is 0.133. The van der Waals surface area contributed by atoms with E-state index in [0.29, 0.717) is 5.92 Å². The SMILES string of the molecule is Cc1c2cc(CC(C)(C)C)ccc2c(C)c2c1c1c3c(ccc4c5ccc(C(C)C)cc5n2c43)nc[n+]1C. The van der Waals surface area contributed by atoms with E-state index in [4.69, 9.17) is 4.98 Å². The smallest absolute Gasteiger partial charge is 0.287 e. The van der Waals surface area contributed by atoms with Crippen molar-refractivity contribution in [1.82, 2.24) is 9.38 Å². The van der Waals surface area contributed by atoms with E-state index < -0.39 is 0 Å². The lowest BCUT2D eigenvalue weighted by Gasteiger charge is -2.21. The van der Waals surface area contributed by atoms with Crippen LogP contribution in [0.15, 0.2) is 54.9 Å². The molecule has 4 aromatic carbocycles. The summed E-state index contributed by atoms with van der Waals surface area (Å²) in [6, 6.07) is 18.7. The van der Waals surface area contributed by atoms with Gasteiger partial charge in [-0.25, -0.2) is 4.57 Å². The molecular weight excluding hydrogens is 462 g/mol. The number of benzene rings is 4. The first kappa shape index (κ1) is 23.4. The predicted molar refractivity (Wildman–Crippen MR) is 162 cm³/mol. The van der Waals surface area contributed by atoms with Gasteiger partial charge in [0.05, 0.1) is 34.4 Å². The number of aryl methyl sites for hydroxylation is 3. The Morgan fingerprint density at radius 2 is 1.55 bits per heavy atom. The lowest BCUT2D eigenvalue weighted by atomic mass is 9.86. The molecule has 0 aliphatic carbocycles. The topological polar surface area (TPSA) is 21.2 Å². The van der Waals surface area contributed by atoms with Crippen LogP contribution in [0.3, 0.4) is 0 Å². The lowest BCUT2D eigenvalue weighted by Crippen LogP contribution is -2.30. The van der Waals surface area contributed by atoms with E-state index in [0.717, 1.165) is 11.9 Å². The van der Waals surface area contributed by atoms with E-state index >= 15 is 0 Å². The molecule has 0 spiro atoms. The Balaban J connectivity index is 1.79. The van der Waals surface area contributed by atoms with Crippen molar-refractivity contribution in [2.75, 3.05) is 0 Å². The van der Waals surface area contributed by atoms with Gasteiger partial charge in [-0.05, 0) is 87.8 Å². The minimum absolute atomic E-state index is 0.247. The molecule has 3 nitrogen and oxygen atoms in total. The highest BCUT2D eigenvalue weighted by atomic mass is 15.0. The van der Waals surface area contributed by atoms with Crippen molar-refractivity contribution in [2.24, 2.45) is 12.5 Å². The summed E-state index contributed by atoms with van der Waals surface area (Å²) in [5, 5.41) is 7.93. The Bertz CT molecular complexity index is 2080. The normalized spacial score (nSPS) is 13.1. The summed E-state index contributed by atoms with van der Waals surface area (Å²) < 4.78 is 4.80. The molecule has 38 heavy (non-hydrogen) atoms. The maximum atomic E-state index is 4.87. The van der Waals surface area contributed by atoms with E-state index in [9.17, 15) is 0 Å². The van der Waals surface area contributed by atoms with Crippen molar-refractivity contribution in [3.63, 3.8) is 0 Å². The molecule has 0 aliphatic heterocycles. The van der Waals surface area contributed by atoms with Crippen LogP contribution in [0.25, 0.3) is 59.9 Å². The zero-order chi connectivity index (χ0) is 26.7. The second-order valence-corrected chi connectivity index (χ2v) is 12.9. The standard InChI is InChI=1S/C35H36N3/c1-19(2)23-10-12-25-26-13-14-28-31-33(26)38(29(25)16-23)32-21(4)24-11-9-22(17-35(5,6)7)15-27(24)20(3)30(32)34(31)37(8)18-36-28/h9-16,18-19H,17H2,1-8H3/q+1. The average molecular weight is 499 g/mol. The van der Waals surface area contributed by atoms with Crippen LogP contribution in [0.2, 0.25) is 0 Å². The second-order valence-electron chi connectivity index (χ2n) is 12.9. The molecule has 0 aliphatic rings. The van der Waals surface area contributed by atoms with Crippen molar-refractivity contribution in [1.29, 1.82) is 0 Å². The van der Waals surface area contributed by atoms with Gasteiger partial charge in [0.1, 0.15) is 5.52 Å². The average Bonchev–Trinajstić information content (AvgIpc) is 3.20. The number of fused-ring (bicyclic) bond motifs is 7. The Morgan fingerprint density at radius 1 is 0.816 bits per heavy atom. The summed E-state index contributed by atoms with van der Waals surface area (Å²) in [4.78, 5) is 4.87. The second kappa shape index (κ2) is 7.66. The highest BCUT2D eigenvalue weighted by Crippen LogP contribution is 2.44. The summed E-state index contributed by atoms with van der Waals surface area (Å²) in [5.74, 6) is 0.473. The van der Waals surface area contributed by atoms with Gasteiger partial charge in [0.25, 0.3) is 6.33 Å². The molecule has 190 valence electrons. The molecule has 0 fully saturated rings. The number of aromatic nitrogens is 3. The molecule has 0 amide bonds. The summed E-state index contributed by atoms with van der Waals surface area (Å²) in [6.45, 7) is 16.2. The highest BCUT2D eigenvalue weighted by Gasteiger charge is 2.26. The molecule has 0 saturated heterocycles. The number of nitrogens with zero attached hydrogens (tertiary/aromatic N) is 3. The summed E-state index contributed by atoms with van der Waals surface area (Å²) in [6.07, 6.45) is 3.05. The van der Waals surface area contributed by atoms with E-state index in [2.05, 4.69) is 113 Å².